The Bertz CT molecular complexity index is 153. The van der Waals surface area contributed by atoms with Crippen molar-refractivity contribution in [2.75, 3.05) is 0 Å². The second-order valence-electron chi connectivity index (χ2n) is 5.29. The lowest BCUT2D eigenvalue weighted by atomic mass is 9.71. The number of rotatable bonds is 2. The van der Waals surface area contributed by atoms with Crippen LogP contribution in [0.25, 0.3) is 0 Å². The Morgan fingerprint density at radius 1 is 1.15 bits per heavy atom. The van der Waals surface area contributed by atoms with Gasteiger partial charge < -0.3 is 5.11 Å². The highest BCUT2D eigenvalue weighted by molar-refractivity contribution is 4.82. The molecule has 0 aromatic rings. The van der Waals surface area contributed by atoms with Gasteiger partial charge in [0.15, 0.2) is 0 Å². The molecule has 0 saturated heterocycles. The maximum absolute atomic E-state index is 10.0. The first-order valence-corrected chi connectivity index (χ1v) is 5.70. The van der Waals surface area contributed by atoms with Crippen LogP contribution in [0, 0.1) is 23.7 Å². The van der Waals surface area contributed by atoms with Crippen molar-refractivity contribution < 1.29 is 5.11 Å². The van der Waals surface area contributed by atoms with Gasteiger partial charge in [-0.15, -0.1) is 0 Å². The summed E-state index contributed by atoms with van der Waals surface area (Å²) >= 11 is 0. The molecule has 0 aromatic carbocycles. The minimum atomic E-state index is -0.0854. The van der Waals surface area contributed by atoms with Crippen LogP contribution in [0.2, 0.25) is 0 Å². The summed E-state index contributed by atoms with van der Waals surface area (Å²) in [6.07, 6.45) is 3.79. The molecule has 1 aliphatic rings. The SMILES string of the molecule is CC1CCC(C)C(C(O)C(C)C)C1. The Balaban J connectivity index is 2.54. The van der Waals surface area contributed by atoms with E-state index in [1.54, 1.807) is 0 Å². The molecule has 0 amide bonds. The van der Waals surface area contributed by atoms with Gasteiger partial charge in [-0.2, -0.15) is 0 Å². The Morgan fingerprint density at radius 3 is 2.31 bits per heavy atom. The molecule has 1 rings (SSSR count). The van der Waals surface area contributed by atoms with E-state index in [1.165, 1.54) is 19.3 Å². The molecule has 1 N–H and O–H groups in total. The summed E-state index contributed by atoms with van der Waals surface area (Å²) in [5.41, 5.74) is 0. The van der Waals surface area contributed by atoms with Crippen molar-refractivity contribution in [2.45, 2.75) is 53.1 Å². The fourth-order valence-corrected chi connectivity index (χ4v) is 2.55. The number of hydrogen-bond donors (Lipinski definition) is 1. The second-order valence-corrected chi connectivity index (χ2v) is 5.29. The van der Waals surface area contributed by atoms with Crippen molar-refractivity contribution in [3.05, 3.63) is 0 Å². The largest absolute Gasteiger partial charge is 0.393 e. The summed E-state index contributed by atoms with van der Waals surface area (Å²) in [5, 5.41) is 10.0. The van der Waals surface area contributed by atoms with Gasteiger partial charge in [0.1, 0.15) is 0 Å². The van der Waals surface area contributed by atoms with E-state index in [9.17, 15) is 5.11 Å². The lowest BCUT2D eigenvalue weighted by molar-refractivity contribution is 0.00872. The average molecular weight is 184 g/mol. The number of aliphatic hydroxyl groups excluding tert-OH is 1. The fraction of sp³-hybridized carbons (Fsp3) is 1.00. The van der Waals surface area contributed by atoms with Gasteiger partial charge in [-0.05, 0) is 30.1 Å². The third-order valence-electron chi connectivity index (χ3n) is 3.64. The average Bonchev–Trinajstić information content (AvgIpc) is 2.08. The maximum Gasteiger partial charge on any atom is 0.0593 e. The van der Waals surface area contributed by atoms with Crippen LogP contribution in [-0.2, 0) is 0 Å². The minimum absolute atomic E-state index is 0.0854. The molecule has 0 aliphatic heterocycles. The van der Waals surface area contributed by atoms with Gasteiger partial charge in [-0.1, -0.05) is 40.5 Å². The van der Waals surface area contributed by atoms with Gasteiger partial charge in [0.25, 0.3) is 0 Å². The first-order valence-electron chi connectivity index (χ1n) is 5.70. The summed E-state index contributed by atoms with van der Waals surface area (Å²) in [6.45, 7) is 8.85. The van der Waals surface area contributed by atoms with Gasteiger partial charge in [0, 0.05) is 0 Å². The standard InChI is InChI=1S/C12H24O/c1-8(2)12(13)11-7-9(3)5-6-10(11)4/h8-13H,5-7H2,1-4H3. The van der Waals surface area contributed by atoms with Gasteiger partial charge in [0.2, 0.25) is 0 Å². The third-order valence-corrected chi connectivity index (χ3v) is 3.64. The van der Waals surface area contributed by atoms with Crippen LogP contribution < -0.4 is 0 Å². The van der Waals surface area contributed by atoms with Crippen LogP contribution in [0.1, 0.15) is 47.0 Å². The Hall–Kier alpha value is -0.0400. The molecule has 1 heteroatoms. The number of aliphatic hydroxyl groups is 1. The van der Waals surface area contributed by atoms with E-state index in [1.807, 2.05) is 0 Å². The molecule has 0 aromatic heterocycles. The van der Waals surface area contributed by atoms with Crippen molar-refractivity contribution >= 4 is 0 Å². The van der Waals surface area contributed by atoms with Crippen molar-refractivity contribution in [3.63, 3.8) is 0 Å². The Kier molecular flexibility index (Phi) is 3.78. The van der Waals surface area contributed by atoms with Gasteiger partial charge >= 0.3 is 0 Å². The topological polar surface area (TPSA) is 20.2 Å². The van der Waals surface area contributed by atoms with E-state index in [0.717, 1.165) is 5.92 Å². The zero-order chi connectivity index (χ0) is 10.0. The molecule has 0 radical (unpaired) electrons. The van der Waals surface area contributed by atoms with Crippen LogP contribution >= 0.6 is 0 Å². The molecule has 0 heterocycles. The third kappa shape index (κ3) is 2.70. The first-order chi connectivity index (χ1) is 6.02. The molecular formula is C12H24O. The molecule has 13 heavy (non-hydrogen) atoms. The van der Waals surface area contributed by atoms with Crippen LogP contribution in [0.4, 0.5) is 0 Å². The zero-order valence-electron chi connectivity index (χ0n) is 9.46. The monoisotopic (exact) mass is 184 g/mol. The van der Waals surface area contributed by atoms with Gasteiger partial charge in [0.05, 0.1) is 6.10 Å². The molecule has 0 bridgehead atoms. The molecule has 1 aliphatic carbocycles. The molecule has 1 saturated carbocycles. The highest BCUT2D eigenvalue weighted by Gasteiger charge is 2.32. The van der Waals surface area contributed by atoms with E-state index in [2.05, 4.69) is 27.7 Å². The molecule has 78 valence electrons. The summed E-state index contributed by atoms with van der Waals surface area (Å²) in [6, 6.07) is 0. The summed E-state index contributed by atoms with van der Waals surface area (Å²) in [5.74, 6) is 2.49. The predicted octanol–water partition coefficient (Wildman–Crippen LogP) is 3.08. The lowest BCUT2D eigenvalue weighted by Gasteiger charge is -2.37. The smallest absolute Gasteiger partial charge is 0.0593 e. The van der Waals surface area contributed by atoms with E-state index in [4.69, 9.17) is 0 Å². The normalized spacial score (nSPS) is 37.8. The minimum Gasteiger partial charge on any atom is -0.393 e. The van der Waals surface area contributed by atoms with Crippen molar-refractivity contribution in [1.29, 1.82) is 0 Å². The molecule has 0 spiro atoms. The summed E-state index contributed by atoms with van der Waals surface area (Å²) in [4.78, 5) is 0. The van der Waals surface area contributed by atoms with E-state index >= 15 is 0 Å². The molecule has 1 nitrogen and oxygen atoms in total. The van der Waals surface area contributed by atoms with Gasteiger partial charge in [-0.25, -0.2) is 0 Å². The van der Waals surface area contributed by atoms with Crippen molar-refractivity contribution in [1.82, 2.24) is 0 Å². The quantitative estimate of drug-likeness (QED) is 0.699. The first kappa shape index (κ1) is 11.0. The Labute approximate surface area is 82.5 Å². The fourth-order valence-electron chi connectivity index (χ4n) is 2.55. The van der Waals surface area contributed by atoms with Crippen LogP contribution in [0.15, 0.2) is 0 Å². The number of hydrogen-bond acceptors (Lipinski definition) is 1. The van der Waals surface area contributed by atoms with E-state index < -0.39 is 0 Å². The van der Waals surface area contributed by atoms with Crippen LogP contribution in [0.5, 0.6) is 0 Å². The lowest BCUT2D eigenvalue weighted by Crippen LogP contribution is -2.35. The Morgan fingerprint density at radius 2 is 1.77 bits per heavy atom. The van der Waals surface area contributed by atoms with Crippen molar-refractivity contribution in [3.8, 4) is 0 Å². The van der Waals surface area contributed by atoms with Crippen molar-refractivity contribution in [2.24, 2.45) is 23.7 Å². The second kappa shape index (κ2) is 4.45. The summed E-state index contributed by atoms with van der Waals surface area (Å²) in [7, 11) is 0. The summed E-state index contributed by atoms with van der Waals surface area (Å²) < 4.78 is 0. The molecule has 1 fully saturated rings. The molecular weight excluding hydrogens is 160 g/mol. The highest BCUT2D eigenvalue weighted by Crippen LogP contribution is 2.37. The van der Waals surface area contributed by atoms with Crippen LogP contribution in [-0.4, -0.2) is 11.2 Å². The van der Waals surface area contributed by atoms with E-state index in [0.29, 0.717) is 17.8 Å². The van der Waals surface area contributed by atoms with Crippen LogP contribution in [0.3, 0.4) is 0 Å². The van der Waals surface area contributed by atoms with Gasteiger partial charge in [-0.3, -0.25) is 0 Å². The molecule has 4 atom stereocenters. The highest BCUT2D eigenvalue weighted by atomic mass is 16.3. The molecule has 4 unspecified atom stereocenters. The zero-order valence-corrected chi connectivity index (χ0v) is 9.46. The maximum atomic E-state index is 10.0. The van der Waals surface area contributed by atoms with E-state index in [-0.39, 0.29) is 6.10 Å². The predicted molar refractivity (Wildman–Crippen MR) is 56.5 cm³/mol.